The fraction of sp³-hybridized carbons (Fsp3) is 0.235. The van der Waals surface area contributed by atoms with Gasteiger partial charge in [-0.25, -0.2) is 4.39 Å². The van der Waals surface area contributed by atoms with Crippen LogP contribution in [0.2, 0.25) is 0 Å². The minimum Gasteiger partial charge on any atom is -0.326 e. The van der Waals surface area contributed by atoms with Crippen molar-refractivity contribution in [3.63, 3.8) is 0 Å². The molecule has 3 nitrogen and oxygen atoms in total. The van der Waals surface area contributed by atoms with E-state index >= 15 is 0 Å². The van der Waals surface area contributed by atoms with Crippen molar-refractivity contribution < 1.29 is 9.18 Å². The third-order valence-electron chi connectivity index (χ3n) is 3.69. The Labute approximate surface area is 123 Å². The fourth-order valence-electron chi connectivity index (χ4n) is 2.63. The van der Waals surface area contributed by atoms with Crippen LogP contribution < -0.4 is 10.6 Å². The van der Waals surface area contributed by atoms with Crippen LogP contribution in [0.25, 0.3) is 0 Å². The number of benzene rings is 2. The molecule has 21 heavy (non-hydrogen) atoms. The van der Waals surface area contributed by atoms with Gasteiger partial charge in [-0.05, 0) is 47.9 Å². The second-order valence-electron chi connectivity index (χ2n) is 5.22. The number of hydrogen-bond donors (Lipinski definition) is 2. The number of nitrogens with one attached hydrogen (secondary N) is 2. The zero-order valence-corrected chi connectivity index (χ0v) is 11.7. The van der Waals surface area contributed by atoms with Crippen molar-refractivity contribution in [2.45, 2.75) is 19.4 Å². The molecule has 0 saturated carbocycles. The van der Waals surface area contributed by atoms with Gasteiger partial charge in [-0.2, -0.15) is 0 Å². The van der Waals surface area contributed by atoms with Crippen LogP contribution in [0.5, 0.6) is 0 Å². The maximum Gasteiger partial charge on any atom is 0.228 e. The van der Waals surface area contributed by atoms with E-state index in [1.807, 2.05) is 12.1 Å². The van der Waals surface area contributed by atoms with E-state index in [-0.39, 0.29) is 18.1 Å². The van der Waals surface area contributed by atoms with Crippen molar-refractivity contribution in [2.24, 2.45) is 0 Å². The lowest BCUT2D eigenvalue weighted by molar-refractivity contribution is -0.115. The smallest absolute Gasteiger partial charge is 0.228 e. The summed E-state index contributed by atoms with van der Waals surface area (Å²) in [6.45, 7) is 1.77. The topological polar surface area (TPSA) is 41.1 Å². The Morgan fingerprint density at radius 1 is 1.19 bits per heavy atom. The molecule has 0 unspecified atom stereocenters. The Morgan fingerprint density at radius 3 is 2.81 bits per heavy atom. The molecule has 4 heteroatoms. The van der Waals surface area contributed by atoms with Crippen LogP contribution in [0, 0.1) is 5.82 Å². The summed E-state index contributed by atoms with van der Waals surface area (Å²) in [4.78, 5) is 12.1. The number of carbonyl (C=O) groups is 1. The number of carbonyl (C=O) groups excluding carboxylic acids is 1. The third-order valence-corrected chi connectivity index (χ3v) is 3.69. The van der Waals surface area contributed by atoms with E-state index in [4.69, 9.17) is 0 Å². The highest BCUT2D eigenvalue weighted by molar-refractivity contribution is 5.93. The van der Waals surface area contributed by atoms with Crippen molar-refractivity contribution in [1.29, 1.82) is 0 Å². The first-order valence-corrected chi connectivity index (χ1v) is 7.08. The molecule has 0 radical (unpaired) electrons. The first-order valence-electron chi connectivity index (χ1n) is 7.08. The second kappa shape index (κ2) is 6.06. The lowest BCUT2D eigenvalue weighted by atomic mass is 9.99. The maximum atomic E-state index is 12.9. The second-order valence-corrected chi connectivity index (χ2v) is 5.22. The lowest BCUT2D eigenvalue weighted by Crippen LogP contribution is -2.25. The SMILES string of the molecule is O=C(Cc1ccc(F)cc1)Nc1cccc2c1CCNC2. The van der Waals surface area contributed by atoms with Crippen molar-refractivity contribution in [3.05, 3.63) is 65.0 Å². The average molecular weight is 284 g/mol. The molecule has 1 aliphatic heterocycles. The summed E-state index contributed by atoms with van der Waals surface area (Å²) in [6, 6.07) is 12.0. The molecule has 0 saturated heterocycles. The van der Waals surface area contributed by atoms with Gasteiger partial charge in [0, 0.05) is 12.2 Å². The maximum absolute atomic E-state index is 12.9. The first-order chi connectivity index (χ1) is 10.2. The van der Waals surface area contributed by atoms with Gasteiger partial charge in [0.25, 0.3) is 0 Å². The molecule has 0 spiro atoms. The van der Waals surface area contributed by atoms with Crippen molar-refractivity contribution in [3.8, 4) is 0 Å². The number of anilines is 1. The number of hydrogen-bond acceptors (Lipinski definition) is 2. The molecule has 0 aliphatic carbocycles. The molecule has 0 fully saturated rings. The molecule has 1 heterocycles. The average Bonchev–Trinajstić information content (AvgIpc) is 2.50. The minimum absolute atomic E-state index is 0.0754. The van der Waals surface area contributed by atoms with Gasteiger partial charge in [0.1, 0.15) is 5.82 Å². The first kappa shape index (κ1) is 13.8. The Morgan fingerprint density at radius 2 is 2.00 bits per heavy atom. The number of rotatable bonds is 3. The molecule has 0 aromatic heterocycles. The predicted octanol–water partition coefficient (Wildman–Crippen LogP) is 2.65. The fourth-order valence-corrected chi connectivity index (χ4v) is 2.63. The van der Waals surface area contributed by atoms with Crippen LogP contribution in [0.3, 0.4) is 0 Å². The zero-order valence-electron chi connectivity index (χ0n) is 11.7. The van der Waals surface area contributed by atoms with E-state index in [0.717, 1.165) is 30.8 Å². The standard InChI is InChI=1S/C17H17FN2O/c18-14-6-4-12(5-7-14)10-17(21)20-16-3-1-2-13-11-19-9-8-15(13)16/h1-7,19H,8-11H2,(H,20,21). The Balaban J connectivity index is 1.71. The minimum atomic E-state index is -0.288. The van der Waals surface area contributed by atoms with E-state index in [0.29, 0.717) is 0 Å². The van der Waals surface area contributed by atoms with Crippen LogP contribution in [0.4, 0.5) is 10.1 Å². The van der Waals surface area contributed by atoms with E-state index in [9.17, 15) is 9.18 Å². The van der Waals surface area contributed by atoms with E-state index in [2.05, 4.69) is 16.7 Å². The van der Waals surface area contributed by atoms with Crippen LogP contribution in [0.15, 0.2) is 42.5 Å². The number of halogens is 1. The van der Waals surface area contributed by atoms with Crippen LogP contribution >= 0.6 is 0 Å². The van der Waals surface area contributed by atoms with Crippen molar-refractivity contribution in [2.75, 3.05) is 11.9 Å². The van der Waals surface area contributed by atoms with Crippen LogP contribution in [-0.4, -0.2) is 12.5 Å². The summed E-state index contributed by atoms with van der Waals surface area (Å²) in [7, 11) is 0. The molecule has 108 valence electrons. The third kappa shape index (κ3) is 3.28. The summed E-state index contributed by atoms with van der Waals surface area (Å²) < 4.78 is 12.9. The quantitative estimate of drug-likeness (QED) is 0.910. The Kier molecular flexibility index (Phi) is 3.97. The van der Waals surface area contributed by atoms with Gasteiger partial charge >= 0.3 is 0 Å². The highest BCUT2D eigenvalue weighted by atomic mass is 19.1. The molecular weight excluding hydrogens is 267 g/mol. The molecule has 3 rings (SSSR count). The Hall–Kier alpha value is -2.20. The summed E-state index contributed by atoms with van der Waals surface area (Å²) in [6.07, 6.45) is 1.17. The monoisotopic (exact) mass is 284 g/mol. The number of amides is 1. The molecular formula is C17H17FN2O. The largest absolute Gasteiger partial charge is 0.326 e. The molecule has 2 aromatic carbocycles. The molecule has 2 N–H and O–H groups in total. The Bertz CT molecular complexity index is 652. The van der Waals surface area contributed by atoms with Gasteiger partial charge in [-0.15, -0.1) is 0 Å². The van der Waals surface area contributed by atoms with Gasteiger partial charge < -0.3 is 10.6 Å². The molecule has 2 aromatic rings. The summed E-state index contributed by atoms with van der Waals surface area (Å²) in [5.41, 5.74) is 4.14. The van der Waals surface area contributed by atoms with Gasteiger partial charge in [0.05, 0.1) is 6.42 Å². The number of fused-ring (bicyclic) bond motifs is 1. The summed E-state index contributed by atoms with van der Waals surface area (Å²) in [5, 5.41) is 6.29. The highest BCUT2D eigenvalue weighted by Gasteiger charge is 2.14. The van der Waals surface area contributed by atoms with Gasteiger partial charge in [0.15, 0.2) is 0 Å². The summed E-state index contributed by atoms with van der Waals surface area (Å²) >= 11 is 0. The van der Waals surface area contributed by atoms with Crippen molar-refractivity contribution in [1.82, 2.24) is 5.32 Å². The normalized spacial score (nSPS) is 13.6. The molecule has 0 bridgehead atoms. The van der Waals surface area contributed by atoms with E-state index < -0.39 is 0 Å². The van der Waals surface area contributed by atoms with E-state index in [1.165, 1.54) is 23.3 Å². The molecule has 1 aliphatic rings. The van der Waals surface area contributed by atoms with Gasteiger partial charge in [0.2, 0.25) is 5.91 Å². The van der Waals surface area contributed by atoms with Crippen molar-refractivity contribution >= 4 is 11.6 Å². The van der Waals surface area contributed by atoms with Gasteiger partial charge in [-0.3, -0.25) is 4.79 Å². The van der Waals surface area contributed by atoms with Crippen LogP contribution in [0.1, 0.15) is 16.7 Å². The predicted molar refractivity (Wildman–Crippen MR) is 80.6 cm³/mol. The summed E-state index contributed by atoms with van der Waals surface area (Å²) in [5.74, 6) is -0.364. The highest BCUT2D eigenvalue weighted by Crippen LogP contribution is 2.23. The van der Waals surface area contributed by atoms with Gasteiger partial charge in [-0.1, -0.05) is 24.3 Å². The van der Waals surface area contributed by atoms with Crippen LogP contribution in [-0.2, 0) is 24.2 Å². The van der Waals surface area contributed by atoms with E-state index in [1.54, 1.807) is 12.1 Å². The molecule has 0 atom stereocenters. The molecule has 1 amide bonds. The zero-order chi connectivity index (χ0) is 14.7. The lowest BCUT2D eigenvalue weighted by Gasteiger charge is -2.20.